The zero-order valence-electron chi connectivity index (χ0n) is 14.3. The second-order valence-corrected chi connectivity index (χ2v) is 9.11. The largest absolute Gasteiger partial charge is 0.464 e. The molecule has 2 fully saturated rings. The molecule has 2 unspecified atom stereocenters. The van der Waals surface area contributed by atoms with Gasteiger partial charge in [-0.05, 0) is 54.6 Å². The van der Waals surface area contributed by atoms with E-state index >= 15 is 0 Å². The Hall–Kier alpha value is -0.760. The van der Waals surface area contributed by atoms with E-state index in [1.54, 1.807) is 0 Å². The van der Waals surface area contributed by atoms with Crippen molar-refractivity contribution >= 4 is 0 Å². The molecule has 0 aromatic carbocycles. The maximum Gasteiger partial charge on any atom is 0.117 e. The van der Waals surface area contributed by atoms with Crippen LogP contribution in [0.5, 0.6) is 0 Å². The van der Waals surface area contributed by atoms with Crippen LogP contribution in [-0.4, -0.2) is 6.04 Å². The van der Waals surface area contributed by atoms with Crippen LogP contribution in [0, 0.1) is 16.7 Å². The van der Waals surface area contributed by atoms with Gasteiger partial charge in [-0.25, -0.2) is 0 Å². The third-order valence-corrected chi connectivity index (χ3v) is 5.28. The maximum absolute atomic E-state index is 6.01. The van der Waals surface area contributed by atoms with Gasteiger partial charge in [-0.3, -0.25) is 0 Å². The van der Waals surface area contributed by atoms with Crippen molar-refractivity contribution in [3.63, 3.8) is 0 Å². The van der Waals surface area contributed by atoms with E-state index in [4.69, 9.17) is 4.42 Å². The standard InChI is InChI=1S/C19H31NO/c1-13-8-16(13)17-7-6-15(21-17)11-20-14-9-18(2,3)12-19(4,5)10-14/h6-7,13-14,16,20H,8-12H2,1-5H3. The topological polar surface area (TPSA) is 25.2 Å². The average molecular weight is 289 g/mol. The molecule has 1 N–H and O–H groups in total. The summed E-state index contributed by atoms with van der Waals surface area (Å²) in [5.74, 6) is 3.80. The summed E-state index contributed by atoms with van der Waals surface area (Å²) < 4.78 is 6.01. The van der Waals surface area contributed by atoms with Crippen molar-refractivity contribution in [1.29, 1.82) is 0 Å². The predicted octanol–water partition coefficient (Wildman–Crippen LogP) is 5.10. The van der Waals surface area contributed by atoms with Crippen LogP contribution in [0.4, 0.5) is 0 Å². The fourth-order valence-corrected chi connectivity index (χ4v) is 4.64. The van der Waals surface area contributed by atoms with Crippen molar-refractivity contribution in [2.45, 2.75) is 78.8 Å². The number of hydrogen-bond acceptors (Lipinski definition) is 2. The summed E-state index contributed by atoms with van der Waals surface area (Å²) in [6.07, 6.45) is 5.15. The van der Waals surface area contributed by atoms with Gasteiger partial charge in [-0.15, -0.1) is 0 Å². The molecule has 2 aliphatic carbocycles. The van der Waals surface area contributed by atoms with Gasteiger partial charge in [0.1, 0.15) is 11.5 Å². The molecule has 0 bridgehead atoms. The molecule has 2 atom stereocenters. The van der Waals surface area contributed by atoms with Crippen molar-refractivity contribution in [3.8, 4) is 0 Å². The summed E-state index contributed by atoms with van der Waals surface area (Å²) in [4.78, 5) is 0. The second-order valence-electron chi connectivity index (χ2n) is 9.11. The van der Waals surface area contributed by atoms with Crippen molar-refractivity contribution in [2.24, 2.45) is 16.7 Å². The molecule has 0 amide bonds. The predicted molar refractivity (Wildman–Crippen MR) is 87.3 cm³/mol. The van der Waals surface area contributed by atoms with Gasteiger partial charge in [0.2, 0.25) is 0 Å². The number of hydrogen-bond donors (Lipinski definition) is 1. The molecule has 0 radical (unpaired) electrons. The highest BCUT2D eigenvalue weighted by molar-refractivity contribution is 5.17. The quantitative estimate of drug-likeness (QED) is 0.834. The Morgan fingerprint density at radius 3 is 2.33 bits per heavy atom. The molecular formula is C19H31NO. The van der Waals surface area contributed by atoms with Crippen molar-refractivity contribution in [3.05, 3.63) is 23.7 Å². The van der Waals surface area contributed by atoms with Crippen LogP contribution in [0.2, 0.25) is 0 Å². The zero-order chi connectivity index (χ0) is 15.3. The Kier molecular flexibility index (Phi) is 3.72. The molecule has 0 aliphatic heterocycles. The molecule has 1 aromatic rings. The van der Waals surface area contributed by atoms with E-state index < -0.39 is 0 Å². The van der Waals surface area contributed by atoms with Gasteiger partial charge in [0.25, 0.3) is 0 Å². The van der Waals surface area contributed by atoms with Gasteiger partial charge in [-0.1, -0.05) is 34.6 Å². The van der Waals surface area contributed by atoms with E-state index in [1.807, 2.05) is 0 Å². The van der Waals surface area contributed by atoms with E-state index in [-0.39, 0.29) is 0 Å². The van der Waals surface area contributed by atoms with E-state index in [0.29, 0.717) is 22.8 Å². The van der Waals surface area contributed by atoms with Gasteiger partial charge < -0.3 is 9.73 Å². The van der Waals surface area contributed by atoms with Gasteiger partial charge in [0.05, 0.1) is 6.54 Å². The minimum absolute atomic E-state index is 0.442. The van der Waals surface area contributed by atoms with Crippen LogP contribution in [-0.2, 0) is 6.54 Å². The third-order valence-electron chi connectivity index (χ3n) is 5.28. The summed E-state index contributed by atoms with van der Waals surface area (Å²) in [7, 11) is 0. The van der Waals surface area contributed by atoms with Crippen LogP contribution in [0.25, 0.3) is 0 Å². The summed E-state index contributed by atoms with van der Waals surface area (Å²) in [6, 6.07) is 4.95. The third kappa shape index (κ3) is 3.71. The van der Waals surface area contributed by atoms with E-state index in [1.165, 1.54) is 31.4 Å². The second kappa shape index (κ2) is 5.15. The first-order valence-electron chi connectivity index (χ1n) is 8.56. The van der Waals surface area contributed by atoms with Crippen molar-refractivity contribution in [2.75, 3.05) is 0 Å². The van der Waals surface area contributed by atoms with Gasteiger partial charge in [0.15, 0.2) is 0 Å². The van der Waals surface area contributed by atoms with Gasteiger partial charge in [0, 0.05) is 12.0 Å². The molecule has 0 spiro atoms. The van der Waals surface area contributed by atoms with Crippen LogP contribution in [0.1, 0.15) is 77.7 Å². The van der Waals surface area contributed by atoms with Crippen molar-refractivity contribution in [1.82, 2.24) is 5.32 Å². The fourth-order valence-electron chi connectivity index (χ4n) is 4.64. The molecule has 2 saturated carbocycles. The highest BCUT2D eigenvalue weighted by Gasteiger charge is 2.38. The molecule has 1 aromatic heterocycles. The van der Waals surface area contributed by atoms with Crippen LogP contribution >= 0.6 is 0 Å². The lowest BCUT2D eigenvalue weighted by Gasteiger charge is -2.45. The SMILES string of the molecule is CC1CC1c1ccc(CNC2CC(C)(C)CC(C)(C)C2)o1. The summed E-state index contributed by atoms with van der Waals surface area (Å²) in [6.45, 7) is 12.8. The first kappa shape index (κ1) is 15.1. The summed E-state index contributed by atoms with van der Waals surface area (Å²) in [5, 5.41) is 3.74. The van der Waals surface area contributed by atoms with Crippen LogP contribution < -0.4 is 5.32 Å². The fraction of sp³-hybridized carbons (Fsp3) is 0.789. The normalized spacial score (nSPS) is 31.3. The minimum Gasteiger partial charge on any atom is -0.464 e. The van der Waals surface area contributed by atoms with Crippen LogP contribution in [0.15, 0.2) is 16.5 Å². The molecule has 2 aliphatic rings. The Morgan fingerprint density at radius 2 is 1.76 bits per heavy atom. The highest BCUT2D eigenvalue weighted by Crippen LogP contribution is 2.47. The minimum atomic E-state index is 0.442. The van der Waals surface area contributed by atoms with Gasteiger partial charge >= 0.3 is 0 Å². The Labute approximate surface area is 129 Å². The van der Waals surface area contributed by atoms with E-state index in [2.05, 4.69) is 52.1 Å². The van der Waals surface area contributed by atoms with Gasteiger partial charge in [-0.2, -0.15) is 0 Å². The summed E-state index contributed by atoms with van der Waals surface area (Å²) in [5.41, 5.74) is 0.883. The smallest absolute Gasteiger partial charge is 0.117 e. The first-order valence-corrected chi connectivity index (χ1v) is 8.56. The maximum atomic E-state index is 6.01. The van der Waals surface area contributed by atoms with Crippen molar-refractivity contribution < 1.29 is 4.42 Å². The number of rotatable bonds is 4. The average Bonchev–Trinajstić information content (AvgIpc) is 2.86. The Morgan fingerprint density at radius 1 is 1.14 bits per heavy atom. The lowest BCUT2D eigenvalue weighted by Crippen LogP contribution is -2.43. The monoisotopic (exact) mass is 289 g/mol. The molecule has 2 nitrogen and oxygen atoms in total. The zero-order valence-corrected chi connectivity index (χ0v) is 14.3. The molecule has 1 heterocycles. The molecule has 3 rings (SSSR count). The summed E-state index contributed by atoms with van der Waals surface area (Å²) >= 11 is 0. The number of nitrogens with one attached hydrogen (secondary N) is 1. The first-order chi connectivity index (χ1) is 9.74. The molecular weight excluding hydrogens is 258 g/mol. The number of furan rings is 1. The van der Waals surface area contributed by atoms with E-state index in [9.17, 15) is 0 Å². The Balaban J connectivity index is 1.56. The molecule has 21 heavy (non-hydrogen) atoms. The highest BCUT2D eigenvalue weighted by atomic mass is 16.3. The van der Waals surface area contributed by atoms with E-state index in [0.717, 1.165) is 18.2 Å². The molecule has 0 saturated heterocycles. The lowest BCUT2D eigenvalue weighted by atomic mass is 9.63. The molecule has 118 valence electrons. The Bertz CT molecular complexity index is 483. The lowest BCUT2D eigenvalue weighted by molar-refractivity contribution is 0.0836. The van der Waals surface area contributed by atoms with Crippen LogP contribution in [0.3, 0.4) is 0 Å². The molecule has 2 heteroatoms.